The Morgan fingerprint density at radius 2 is 2.12 bits per heavy atom. The first kappa shape index (κ1) is 17.5. The second kappa shape index (κ2) is 6.22. The average Bonchev–Trinajstić information content (AvgIpc) is 3.10. The molecule has 1 atom stereocenters. The van der Waals surface area contributed by atoms with Crippen LogP contribution < -0.4 is 0 Å². The molecule has 25 heavy (non-hydrogen) atoms. The molecule has 2 aromatic heterocycles. The molecule has 2 aromatic rings. The number of hydrogen-bond acceptors (Lipinski definition) is 4. The summed E-state index contributed by atoms with van der Waals surface area (Å²) >= 11 is 6.17. The van der Waals surface area contributed by atoms with Crippen LogP contribution in [0.1, 0.15) is 38.8 Å². The van der Waals surface area contributed by atoms with Gasteiger partial charge in [0.05, 0.1) is 5.02 Å². The molecule has 0 spiro atoms. The fourth-order valence-corrected chi connectivity index (χ4v) is 3.28. The smallest absolute Gasteiger partial charge is 0.417 e. The summed E-state index contributed by atoms with van der Waals surface area (Å²) < 4.78 is 6.55. The van der Waals surface area contributed by atoms with Gasteiger partial charge in [-0.15, -0.1) is 0 Å². The maximum absolute atomic E-state index is 12.2. The molecular formula is C17H20ClN3O4. The van der Waals surface area contributed by atoms with Crippen molar-refractivity contribution in [1.82, 2.24) is 14.5 Å². The van der Waals surface area contributed by atoms with Gasteiger partial charge in [-0.2, -0.15) is 0 Å². The number of nitrogens with zero attached hydrogens (tertiary/aromatic N) is 3. The number of halogens is 1. The maximum Gasteiger partial charge on any atom is 0.417 e. The van der Waals surface area contributed by atoms with Crippen LogP contribution in [0, 0.1) is 0 Å². The molecule has 3 rings (SSSR count). The number of rotatable bonds is 1. The lowest BCUT2D eigenvalue weighted by molar-refractivity contribution is 0.0292. The Labute approximate surface area is 150 Å². The van der Waals surface area contributed by atoms with Crippen molar-refractivity contribution >= 4 is 34.8 Å². The first-order valence-electron chi connectivity index (χ1n) is 8.04. The summed E-state index contributed by atoms with van der Waals surface area (Å²) in [4.78, 5) is 29.7. The number of carbonyl (C=O) groups is 2. The number of carbonyl (C=O) groups excluding carboxylic acids is 1. The topological polar surface area (TPSA) is 84.7 Å². The summed E-state index contributed by atoms with van der Waals surface area (Å²) in [5, 5.41) is 10.7. The third-order valence-corrected chi connectivity index (χ3v) is 4.46. The molecule has 0 aromatic carbocycles. The fraction of sp³-hybridized carbons (Fsp3) is 0.471. The van der Waals surface area contributed by atoms with Gasteiger partial charge >= 0.3 is 12.2 Å². The van der Waals surface area contributed by atoms with Crippen LogP contribution >= 0.6 is 11.6 Å². The second-order valence-electron chi connectivity index (χ2n) is 7.13. The molecule has 7 nitrogen and oxygen atoms in total. The molecule has 1 aliphatic rings. The van der Waals surface area contributed by atoms with Crippen LogP contribution in [-0.4, -0.2) is 50.4 Å². The van der Waals surface area contributed by atoms with Crippen molar-refractivity contribution in [1.29, 1.82) is 0 Å². The van der Waals surface area contributed by atoms with Crippen LogP contribution in [0.3, 0.4) is 0 Å². The van der Waals surface area contributed by atoms with Crippen LogP contribution in [0.15, 0.2) is 18.3 Å². The summed E-state index contributed by atoms with van der Waals surface area (Å²) in [5.74, 6) is -0.117. The third-order valence-electron chi connectivity index (χ3n) is 4.13. The number of carboxylic acid groups (broad SMARTS) is 1. The quantitative estimate of drug-likeness (QED) is 0.827. The second-order valence-corrected chi connectivity index (χ2v) is 7.54. The summed E-state index contributed by atoms with van der Waals surface area (Å²) in [6.07, 6.45) is 0.635. The van der Waals surface area contributed by atoms with Crippen molar-refractivity contribution in [2.24, 2.45) is 0 Å². The van der Waals surface area contributed by atoms with Crippen LogP contribution in [0.2, 0.25) is 5.02 Å². The maximum atomic E-state index is 12.2. The van der Waals surface area contributed by atoms with Gasteiger partial charge in [0.25, 0.3) is 0 Å². The molecule has 1 fully saturated rings. The van der Waals surface area contributed by atoms with Gasteiger partial charge in [-0.25, -0.2) is 19.1 Å². The highest BCUT2D eigenvalue weighted by Crippen LogP contribution is 2.34. The van der Waals surface area contributed by atoms with E-state index in [0.717, 1.165) is 4.57 Å². The van der Waals surface area contributed by atoms with Gasteiger partial charge in [0, 0.05) is 36.3 Å². The highest BCUT2D eigenvalue weighted by molar-refractivity contribution is 6.35. The minimum absolute atomic E-state index is 0.117. The normalized spacial score (nSPS) is 17.9. The molecule has 3 heterocycles. The molecule has 1 saturated heterocycles. The van der Waals surface area contributed by atoms with E-state index in [2.05, 4.69) is 4.98 Å². The number of ether oxygens (including phenoxy) is 1. The first-order chi connectivity index (χ1) is 11.7. The Kier molecular flexibility index (Phi) is 4.36. The van der Waals surface area contributed by atoms with E-state index in [1.54, 1.807) is 17.0 Å². The van der Waals surface area contributed by atoms with Crippen LogP contribution in [0.4, 0.5) is 9.59 Å². The van der Waals surface area contributed by atoms with Crippen LogP contribution in [-0.2, 0) is 4.74 Å². The third kappa shape index (κ3) is 3.42. The molecule has 134 valence electrons. The van der Waals surface area contributed by atoms with Crippen molar-refractivity contribution in [3.8, 4) is 0 Å². The highest BCUT2D eigenvalue weighted by Gasteiger charge is 2.33. The minimum Gasteiger partial charge on any atom is -0.464 e. The van der Waals surface area contributed by atoms with E-state index < -0.39 is 11.7 Å². The van der Waals surface area contributed by atoms with Gasteiger partial charge in [-0.05, 0) is 39.3 Å². The minimum atomic E-state index is -1.12. The number of hydrogen-bond donors (Lipinski definition) is 1. The van der Waals surface area contributed by atoms with Gasteiger partial charge in [0.2, 0.25) is 0 Å². The van der Waals surface area contributed by atoms with E-state index in [1.807, 2.05) is 20.8 Å². The molecule has 0 aliphatic carbocycles. The number of aromatic nitrogens is 2. The Morgan fingerprint density at radius 1 is 1.40 bits per heavy atom. The van der Waals surface area contributed by atoms with Crippen molar-refractivity contribution in [3.05, 3.63) is 29.0 Å². The number of likely N-dealkylation sites (tertiary alicyclic amines) is 1. The highest BCUT2D eigenvalue weighted by atomic mass is 35.5. The van der Waals surface area contributed by atoms with Gasteiger partial charge in [-0.3, -0.25) is 0 Å². The fourth-order valence-electron chi connectivity index (χ4n) is 3.08. The predicted octanol–water partition coefficient (Wildman–Crippen LogP) is 3.94. The van der Waals surface area contributed by atoms with Crippen LogP contribution in [0.5, 0.6) is 0 Å². The van der Waals surface area contributed by atoms with Crippen LogP contribution in [0.25, 0.3) is 11.0 Å². The summed E-state index contributed by atoms with van der Waals surface area (Å²) in [6.45, 7) is 6.36. The van der Waals surface area contributed by atoms with Gasteiger partial charge in [0.1, 0.15) is 5.60 Å². The van der Waals surface area contributed by atoms with Gasteiger partial charge in [0.15, 0.2) is 5.65 Å². The van der Waals surface area contributed by atoms with Crippen molar-refractivity contribution < 1.29 is 19.4 Å². The Morgan fingerprint density at radius 3 is 2.76 bits per heavy atom. The van der Waals surface area contributed by atoms with Gasteiger partial charge in [-0.1, -0.05) is 11.6 Å². The molecule has 0 saturated carbocycles. The number of amides is 1. The zero-order chi connectivity index (χ0) is 18.4. The summed E-state index contributed by atoms with van der Waals surface area (Å²) in [7, 11) is 0. The van der Waals surface area contributed by atoms with Crippen molar-refractivity contribution in [2.75, 3.05) is 13.1 Å². The Bertz CT molecular complexity index is 840. The average molecular weight is 366 g/mol. The Hall–Kier alpha value is -2.28. The molecule has 0 radical (unpaired) electrons. The zero-order valence-corrected chi connectivity index (χ0v) is 15.1. The van der Waals surface area contributed by atoms with E-state index in [4.69, 9.17) is 16.3 Å². The predicted molar refractivity (Wildman–Crippen MR) is 93.3 cm³/mol. The summed E-state index contributed by atoms with van der Waals surface area (Å²) in [6, 6.07) is 3.38. The standard InChI is InChI=1S/C17H20ClN3O4/c1-17(2,3)25-16(24)20-7-5-10(9-20)13-8-11-12(18)4-6-19-14(11)21(13)15(22)23/h4,6,8,10H,5,7,9H2,1-3H3,(H,22,23). The summed E-state index contributed by atoms with van der Waals surface area (Å²) in [5.41, 5.74) is 0.336. The molecule has 1 amide bonds. The lowest BCUT2D eigenvalue weighted by Crippen LogP contribution is -2.35. The van der Waals surface area contributed by atoms with E-state index in [-0.39, 0.29) is 12.0 Å². The Balaban J connectivity index is 1.91. The van der Waals surface area contributed by atoms with Crippen molar-refractivity contribution in [3.63, 3.8) is 0 Å². The number of fused-ring (bicyclic) bond motifs is 1. The SMILES string of the molecule is CC(C)(C)OC(=O)N1CCC(c2cc3c(Cl)ccnc3n2C(=O)O)C1. The molecule has 8 heteroatoms. The molecule has 1 unspecified atom stereocenters. The molecule has 1 N–H and O–H groups in total. The van der Waals surface area contributed by atoms with Gasteiger partial charge < -0.3 is 14.7 Å². The molecule has 0 bridgehead atoms. The zero-order valence-electron chi connectivity index (χ0n) is 14.3. The lowest BCUT2D eigenvalue weighted by Gasteiger charge is -2.24. The lowest BCUT2D eigenvalue weighted by atomic mass is 10.0. The largest absolute Gasteiger partial charge is 0.464 e. The van der Waals surface area contributed by atoms with E-state index in [9.17, 15) is 14.7 Å². The van der Waals surface area contributed by atoms with E-state index in [0.29, 0.717) is 41.3 Å². The van der Waals surface area contributed by atoms with E-state index in [1.165, 1.54) is 6.20 Å². The molecular weight excluding hydrogens is 346 g/mol. The van der Waals surface area contributed by atoms with Crippen molar-refractivity contribution in [2.45, 2.75) is 38.7 Å². The van der Waals surface area contributed by atoms with E-state index >= 15 is 0 Å². The molecule has 1 aliphatic heterocycles. The number of pyridine rings is 1. The first-order valence-corrected chi connectivity index (χ1v) is 8.42. The monoisotopic (exact) mass is 365 g/mol.